The molecule has 0 aliphatic heterocycles. The van der Waals surface area contributed by atoms with Crippen LogP contribution in [-0.2, 0) is 0 Å². The highest BCUT2D eigenvalue weighted by atomic mass is 32.1. The van der Waals surface area contributed by atoms with Crippen molar-refractivity contribution in [1.29, 1.82) is 0 Å². The van der Waals surface area contributed by atoms with E-state index in [2.05, 4.69) is 10.6 Å². The summed E-state index contributed by atoms with van der Waals surface area (Å²) in [5, 5.41) is 15.7. The van der Waals surface area contributed by atoms with Crippen LogP contribution in [0.3, 0.4) is 0 Å². The molecule has 5 nitrogen and oxygen atoms in total. The van der Waals surface area contributed by atoms with Crippen LogP contribution in [0.15, 0.2) is 29.6 Å². The van der Waals surface area contributed by atoms with Crippen molar-refractivity contribution in [3.05, 3.63) is 46.6 Å². The number of anilines is 2. The Kier molecular flexibility index (Phi) is 3.99. The molecule has 1 heterocycles. The van der Waals surface area contributed by atoms with Gasteiger partial charge in [-0.05, 0) is 42.1 Å². The molecular formula is C13H11FN2O3S. The van der Waals surface area contributed by atoms with E-state index in [1.807, 2.05) is 0 Å². The predicted molar refractivity (Wildman–Crippen MR) is 75.1 cm³/mol. The second kappa shape index (κ2) is 5.70. The van der Waals surface area contributed by atoms with Gasteiger partial charge < -0.3 is 10.4 Å². The van der Waals surface area contributed by atoms with Gasteiger partial charge in [-0.15, -0.1) is 11.3 Å². The van der Waals surface area contributed by atoms with Gasteiger partial charge in [-0.3, -0.25) is 5.32 Å². The number of rotatable bonds is 3. The molecule has 0 bridgehead atoms. The number of carbonyl (C=O) groups excluding carboxylic acids is 1. The summed E-state index contributed by atoms with van der Waals surface area (Å²) in [7, 11) is 0. The number of aromatic carboxylic acids is 1. The Hall–Kier alpha value is -2.41. The molecule has 1 aromatic heterocycles. The zero-order chi connectivity index (χ0) is 14.7. The highest BCUT2D eigenvalue weighted by molar-refractivity contribution is 7.14. The average molecular weight is 294 g/mol. The molecule has 0 spiro atoms. The molecule has 0 fully saturated rings. The third-order valence-corrected chi connectivity index (χ3v) is 3.37. The molecule has 104 valence electrons. The number of hydrogen-bond acceptors (Lipinski definition) is 3. The highest BCUT2D eigenvalue weighted by Crippen LogP contribution is 2.23. The van der Waals surface area contributed by atoms with E-state index < -0.39 is 12.0 Å². The van der Waals surface area contributed by atoms with Crippen molar-refractivity contribution in [3.8, 4) is 0 Å². The molecule has 0 unspecified atom stereocenters. The van der Waals surface area contributed by atoms with Crippen LogP contribution in [0.1, 0.15) is 15.9 Å². The maximum absolute atomic E-state index is 13.1. The number of amides is 2. The van der Waals surface area contributed by atoms with Gasteiger partial charge in [0.15, 0.2) is 0 Å². The molecule has 0 atom stereocenters. The van der Waals surface area contributed by atoms with Gasteiger partial charge in [0.05, 0.1) is 5.56 Å². The summed E-state index contributed by atoms with van der Waals surface area (Å²) in [4.78, 5) is 22.6. The summed E-state index contributed by atoms with van der Waals surface area (Å²) >= 11 is 1.11. The number of carboxylic acid groups (broad SMARTS) is 1. The lowest BCUT2D eigenvalue weighted by molar-refractivity contribution is 0.0698. The van der Waals surface area contributed by atoms with Crippen LogP contribution in [0, 0.1) is 12.7 Å². The number of aryl methyl sites for hydroxylation is 1. The summed E-state index contributed by atoms with van der Waals surface area (Å²) in [5.41, 5.74) is 0.861. The molecule has 0 saturated carbocycles. The molecule has 1 aromatic carbocycles. The fourth-order valence-electron chi connectivity index (χ4n) is 1.56. The standard InChI is InChI=1S/C13H11FN2O3S/c1-7-6-8(2-3-10(7)14)15-13(19)16-11-9(12(17)18)4-5-20-11/h2-6H,1H3,(H,17,18)(H2,15,16,19). The van der Waals surface area contributed by atoms with E-state index in [-0.39, 0.29) is 16.4 Å². The van der Waals surface area contributed by atoms with Gasteiger partial charge in [-0.1, -0.05) is 0 Å². The maximum atomic E-state index is 13.1. The first-order valence-corrected chi connectivity index (χ1v) is 6.50. The van der Waals surface area contributed by atoms with Crippen LogP contribution in [0.4, 0.5) is 19.9 Å². The largest absolute Gasteiger partial charge is 0.478 e. The van der Waals surface area contributed by atoms with Gasteiger partial charge in [-0.25, -0.2) is 14.0 Å². The quantitative estimate of drug-likeness (QED) is 0.810. The molecule has 0 saturated heterocycles. The third-order valence-electron chi connectivity index (χ3n) is 2.54. The van der Waals surface area contributed by atoms with Gasteiger partial charge in [0.1, 0.15) is 10.8 Å². The van der Waals surface area contributed by atoms with Gasteiger partial charge in [-0.2, -0.15) is 0 Å². The Morgan fingerprint density at radius 2 is 2.00 bits per heavy atom. The zero-order valence-corrected chi connectivity index (χ0v) is 11.3. The van der Waals surface area contributed by atoms with Crippen molar-refractivity contribution in [3.63, 3.8) is 0 Å². The van der Waals surface area contributed by atoms with E-state index in [4.69, 9.17) is 5.11 Å². The normalized spacial score (nSPS) is 10.1. The van der Waals surface area contributed by atoms with Gasteiger partial charge in [0.2, 0.25) is 0 Å². The number of carbonyl (C=O) groups is 2. The highest BCUT2D eigenvalue weighted by Gasteiger charge is 2.14. The minimum atomic E-state index is -1.11. The number of thiophene rings is 1. The number of urea groups is 1. The average Bonchev–Trinajstić information content (AvgIpc) is 2.82. The molecule has 2 amide bonds. The van der Waals surface area contributed by atoms with E-state index in [0.717, 1.165) is 11.3 Å². The Bertz CT molecular complexity index is 669. The van der Waals surface area contributed by atoms with Crippen molar-refractivity contribution in [2.24, 2.45) is 0 Å². The maximum Gasteiger partial charge on any atom is 0.338 e. The van der Waals surface area contributed by atoms with E-state index in [9.17, 15) is 14.0 Å². The smallest absolute Gasteiger partial charge is 0.338 e. The van der Waals surface area contributed by atoms with Crippen LogP contribution in [-0.4, -0.2) is 17.1 Å². The lowest BCUT2D eigenvalue weighted by Crippen LogP contribution is -2.20. The Labute approximate surface area is 118 Å². The topological polar surface area (TPSA) is 78.4 Å². The van der Waals surface area contributed by atoms with Crippen LogP contribution < -0.4 is 10.6 Å². The van der Waals surface area contributed by atoms with E-state index in [1.165, 1.54) is 24.3 Å². The van der Waals surface area contributed by atoms with Crippen molar-refractivity contribution >= 4 is 34.0 Å². The predicted octanol–water partition coefficient (Wildman–Crippen LogP) is 3.54. The Morgan fingerprint density at radius 1 is 1.25 bits per heavy atom. The fourth-order valence-corrected chi connectivity index (χ4v) is 2.34. The van der Waals surface area contributed by atoms with Gasteiger partial charge in [0.25, 0.3) is 0 Å². The summed E-state index contributed by atoms with van der Waals surface area (Å²) in [6.45, 7) is 1.58. The molecule has 2 aromatic rings. The number of halogens is 1. The van der Waals surface area contributed by atoms with Gasteiger partial charge in [0, 0.05) is 5.69 Å². The summed E-state index contributed by atoms with van der Waals surface area (Å²) < 4.78 is 13.1. The van der Waals surface area contributed by atoms with Crippen molar-refractivity contribution in [2.45, 2.75) is 6.92 Å². The molecule has 0 radical (unpaired) electrons. The number of hydrogen-bond donors (Lipinski definition) is 3. The minimum Gasteiger partial charge on any atom is -0.478 e. The molecule has 20 heavy (non-hydrogen) atoms. The van der Waals surface area contributed by atoms with E-state index >= 15 is 0 Å². The van der Waals surface area contributed by atoms with E-state index in [1.54, 1.807) is 12.3 Å². The first-order valence-electron chi connectivity index (χ1n) is 5.62. The lowest BCUT2D eigenvalue weighted by Gasteiger charge is -2.08. The fraction of sp³-hybridized carbons (Fsp3) is 0.0769. The zero-order valence-electron chi connectivity index (χ0n) is 10.4. The number of nitrogens with one attached hydrogen (secondary N) is 2. The second-order valence-corrected chi connectivity index (χ2v) is 4.93. The monoisotopic (exact) mass is 294 g/mol. The molecule has 3 N–H and O–H groups in total. The summed E-state index contributed by atoms with van der Waals surface area (Å²) in [6, 6.07) is 4.99. The van der Waals surface area contributed by atoms with Gasteiger partial charge >= 0.3 is 12.0 Å². The molecule has 0 aliphatic rings. The summed E-state index contributed by atoms with van der Waals surface area (Å²) in [5.74, 6) is -1.47. The van der Waals surface area contributed by atoms with Crippen molar-refractivity contribution in [2.75, 3.05) is 10.6 Å². The van der Waals surface area contributed by atoms with Crippen molar-refractivity contribution < 1.29 is 19.1 Å². The summed E-state index contributed by atoms with van der Waals surface area (Å²) in [6.07, 6.45) is 0. The van der Waals surface area contributed by atoms with Crippen LogP contribution in [0.2, 0.25) is 0 Å². The molecule has 7 heteroatoms. The number of carboxylic acids is 1. The second-order valence-electron chi connectivity index (χ2n) is 4.01. The van der Waals surface area contributed by atoms with Crippen LogP contribution in [0.25, 0.3) is 0 Å². The third kappa shape index (κ3) is 3.12. The Morgan fingerprint density at radius 3 is 2.65 bits per heavy atom. The van der Waals surface area contributed by atoms with E-state index in [0.29, 0.717) is 11.3 Å². The molecular weight excluding hydrogens is 283 g/mol. The minimum absolute atomic E-state index is 0.0282. The molecule has 0 aliphatic carbocycles. The van der Waals surface area contributed by atoms with Crippen LogP contribution in [0.5, 0.6) is 0 Å². The van der Waals surface area contributed by atoms with Crippen LogP contribution >= 0.6 is 11.3 Å². The first kappa shape index (κ1) is 14.0. The Balaban J connectivity index is 2.07. The van der Waals surface area contributed by atoms with Crippen molar-refractivity contribution in [1.82, 2.24) is 0 Å². The molecule has 2 rings (SSSR count). The SMILES string of the molecule is Cc1cc(NC(=O)Nc2sccc2C(=O)O)ccc1F. The lowest BCUT2D eigenvalue weighted by atomic mass is 10.2. The number of benzene rings is 1. The first-order chi connectivity index (χ1) is 9.47.